The highest BCUT2D eigenvalue weighted by Gasteiger charge is 2.24. The standard InChI is InChI=1S/C14H15BO4/c16-15(17)14-12-4-2-1-3-10(12)5-6-13(14)19-11-7-8-18-9-11/h1-6,11,16-17H,7-9H2. The summed E-state index contributed by atoms with van der Waals surface area (Å²) in [4.78, 5) is 0. The van der Waals surface area contributed by atoms with E-state index in [1.807, 2.05) is 30.3 Å². The molecule has 1 atom stereocenters. The topological polar surface area (TPSA) is 58.9 Å². The van der Waals surface area contributed by atoms with Gasteiger partial charge >= 0.3 is 7.12 Å². The van der Waals surface area contributed by atoms with Crippen molar-refractivity contribution in [2.45, 2.75) is 12.5 Å². The van der Waals surface area contributed by atoms with Crippen LogP contribution in [-0.4, -0.2) is 36.5 Å². The zero-order chi connectivity index (χ0) is 13.2. The predicted octanol–water partition coefficient (Wildman–Crippen LogP) is 0.687. The van der Waals surface area contributed by atoms with Crippen LogP contribution in [0.25, 0.3) is 10.8 Å². The molecule has 1 aliphatic heterocycles. The van der Waals surface area contributed by atoms with Gasteiger partial charge in [-0.3, -0.25) is 0 Å². The first-order chi connectivity index (χ1) is 9.25. The van der Waals surface area contributed by atoms with Gasteiger partial charge in [0.2, 0.25) is 0 Å². The lowest BCUT2D eigenvalue weighted by Gasteiger charge is -2.17. The van der Waals surface area contributed by atoms with Crippen LogP contribution >= 0.6 is 0 Å². The van der Waals surface area contributed by atoms with Gasteiger partial charge in [0.15, 0.2) is 0 Å². The van der Waals surface area contributed by atoms with Gasteiger partial charge in [-0.05, 0) is 16.8 Å². The Morgan fingerprint density at radius 3 is 2.74 bits per heavy atom. The molecule has 4 nitrogen and oxygen atoms in total. The molecule has 0 amide bonds. The second-order valence-electron chi connectivity index (χ2n) is 4.68. The Balaban J connectivity index is 2.04. The molecule has 0 aliphatic carbocycles. The van der Waals surface area contributed by atoms with Gasteiger partial charge in [0.05, 0.1) is 13.2 Å². The predicted molar refractivity (Wildman–Crippen MR) is 73.6 cm³/mol. The number of ether oxygens (including phenoxy) is 2. The molecule has 2 aromatic rings. The largest absolute Gasteiger partial charge is 0.492 e. The molecule has 0 bridgehead atoms. The van der Waals surface area contributed by atoms with Crippen LogP contribution in [0.4, 0.5) is 0 Å². The van der Waals surface area contributed by atoms with Crippen molar-refractivity contribution in [1.29, 1.82) is 0 Å². The first-order valence-electron chi connectivity index (χ1n) is 6.38. The molecule has 0 radical (unpaired) electrons. The average Bonchev–Trinajstić information content (AvgIpc) is 2.91. The maximum Gasteiger partial charge on any atom is 0.492 e. The van der Waals surface area contributed by atoms with Crippen LogP contribution in [-0.2, 0) is 4.74 Å². The Bertz CT molecular complexity index is 579. The van der Waals surface area contributed by atoms with E-state index in [-0.39, 0.29) is 6.10 Å². The maximum atomic E-state index is 9.62. The summed E-state index contributed by atoms with van der Waals surface area (Å²) in [6, 6.07) is 11.3. The third-order valence-electron chi connectivity index (χ3n) is 3.37. The van der Waals surface area contributed by atoms with E-state index in [0.29, 0.717) is 24.4 Å². The highest BCUT2D eigenvalue weighted by Crippen LogP contribution is 2.21. The normalized spacial score (nSPS) is 18.7. The van der Waals surface area contributed by atoms with Crippen molar-refractivity contribution in [2.75, 3.05) is 13.2 Å². The van der Waals surface area contributed by atoms with Gasteiger partial charge in [0.1, 0.15) is 11.9 Å². The fraction of sp³-hybridized carbons (Fsp3) is 0.286. The molecule has 3 rings (SSSR count). The van der Waals surface area contributed by atoms with E-state index in [0.717, 1.165) is 17.2 Å². The molecule has 0 aromatic heterocycles. The number of benzene rings is 2. The molecule has 1 fully saturated rings. The highest BCUT2D eigenvalue weighted by atomic mass is 16.5. The molecule has 19 heavy (non-hydrogen) atoms. The molecule has 98 valence electrons. The van der Waals surface area contributed by atoms with Crippen LogP contribution in [0.5, 0.6) is 5.75 Å². The monoisotopic (exact) mass is 258 g/mol. The second-order valence-corrected chi connectivity index (χ2v) is 4.68. The lowest BCUT2D eigenvalue weighted by Crippen LogP contribution is -2.33. The van der Waals surface area contributed by atoms with Gasteiger partial charge in [-0.2, -0.15) is 0 Å². The van der Waals surface area contributed by atoms with Gasteiger partial charge in [0, 0.05) is 11.9 Å². The van der Waals surface area contributed by atoms with Crippen molar-refractivity contribution in [3.63, 3.8) is 0 Å². The summed E-state index contributed by atoms with van der Waals surface area (Å²) in [5.74, 6) is 0.518. The number of fused-ring (bicyclic) bond motifs is 1. The minimum atomic E-state index is -1.55. The van der Waals surface area contributed by atoms with Crippen molar-refractivity contribution in [1.82, 2.24) is 0 Å². The molecule has 1 saturated heterocycles. The van der Waals surface area contributed by atoms with Crippen LogP contribution < -0.4 is 10.2 Å². The first kappa shape index (κ1) is 12.5. The van der Waals surface area contributed by atoms with Gasteiger partial charge in [-0.1, -0.05) is 30.3 Å². The van der Waals surface area contributed by atoms with Crippen molar-refractivity contribution in [2.24, 2.45) is 0 Å². The summed E-state index contributed by atoms with van der Waals surface area (Å²) in [5, 5.41) is 21.0. The minimum Gasteiger partial charge on any atom is -0.488 e. The molecule has 1 aliphatic rings. The van der Waals surface area contributed by atoms with E-state index in [1.54, 1.807) is 6.07 Å². The van der Waals surface area contributed by atoms with E-state index in [4.69, 9.17) is 9.47 Å². The Morgan fingerprint density at radius 2 is 2.00 bits per heavy atom. The van der Waals surface area contributed by atoms with Gasteiger partial charge in [-0.25, -0.2) is 0 Å². The fourth-order valence-electron chi connectivity index (χ4n) is 2.43. The highest BCUT2D eigenvalue weighted by molar-refractivity contribution is 6.63. The van der Waals surface area contributed by atoms with E-state index < -0.39 is 7.12 Å². The van der Waals surface area contributed by atoms with Crippen molar-refractivity contribution >= 4 is 23.4 Å². The maximum absolute atomic E-state index is 9.62. The number of hydrogen-bond donors (Lipinski definition) is 2. The van der Waals surface area contributed by atoms with Gasteiger partial charge in [-0.15, -0.1) is 0 Å². The molecular formula is C14H15BO4. The molecule has 2 aromatic carbocycles. The van der Waals surface area contributed by atoms with Gasteiger partial charge < -0.3 is 19.5 Å². The molecule has 2 N–H and O–H groups in total. The average molecular weight is 258 g/mol. The third kappa shape index (κ3) is 2.45. The molecule has 1 heterocycles. The van der Waals surface area contributed by atoms with Crippen LogP contribution in [0.1, 0.15) is 6.42 Å². The lowest BCUT2D eigenvalue weighted by atomic mass is 9.76. The van der Waals surface area contributed by atoms with E-state index in [9.17, 15) is 10.0 Å². The summed E-state index contributed by atoms with van der Waals surface area (Å²) >= 11 is 0. The van der Waals surface area contributed by atoms with Crippen molar-refractivity contribution in [3.05, 3.63) is 36.4 Å². The SMILES string of the molecule is OB(O)c1c(OC2CCOC2)ccc2ccccc12. The number of hydrogen-bond acceptors (Lipinski definition) is 4. The van der Waals surface area contributed by atoms with Crippen molar-refractivity contribution < 1.29 is 19.5 Å². The van der Waals surface area contributed by atoms with Crippen LogP contribution in [0.2, 0.25) is 0 Å². The summed E-state index contributed by atoms with van der Waals surface area (Å²) < 4.78 is 11.1. The van der Waals surface area contributed by atoms with E-state index in [1.165, 1.54) is 0 Å². The molecule has 5 heteroatoms. The van der Waals surface area contributed by atoms with Crippen LogP contribution in [0.3, 0.4) is 0 Å². The van der Waals surface area contributed by atoms with Gasteiger partial charge in [0.25, 0.3) is 0 Å². The summed E-state index contributed by atoms with van der Waals surface area (Å²) in [5.41, 5.74) is 0.421. The van der Waals surface area contributed by atoms with Crippen LogP contribution in [0.15, 0.2) is 36.4 Å². The first-order valence-corrected chi connectivity index (χ1v) is 6.38. The van der Waals surface area contributed by atoms with Crippen LogP contribution in [0, 0.1) is 0 Å². The molecule has 0 saturated carbocycles. The summed E-state index contributed by atoms with van der Waals surface area (Å²) in [7, 11) is -1.55. The Kier molecular flexibility index (Phi) is 3.42. The fourth-order valence-corrected chi connectivity index (χ4v) is 2.43. The zero-order valence-corrected chi connectivity index (χ0v) is 10.5. The Morgan fingerprint density at radius 1 is 1.16 bits per heavy atom. The Hall–Kier alpha value is -1.56. The number of rotatable bonds is 3. The summed E-state index contributed by atoms with van der Waals surface area (Å²) in [6.07, 6.45) is 0.812. The van der Waals surface area contributed by atoms with E-state index >= 15 is 0 Å². The second kappa shape index (κ2) is 5.21. The molecule has 0 spiro atoms. The zero-order valence-electron chi connectivity index (χ0n) is 10.5. The third-order valence-corrected chi connectivity index (χ3v) is 3.37. The molecular weight excluding hydrogens is 243 g/mol. The lowest BCUT2D eigenvalue weighted by molar-refractivity contribution is 0.142. The smallest absolute Gasteiger partial charge is 0.488 e. The van der Waals surface area contributed by atoms with E-state index in [2.05, 4.69) is 0 Å². The summed E-state index contributed by atoms with van der Waals surface area (Å²) in [6.45, 7) is 1.24. The minimum absolute atomic E-state index is 0.0151. The Labute approximate surface area is 111 Å². The van der Waals surface area contributed by atoms with Crippen molar-refractivity contribution in [3.8, 4) is 5.75 Å². The quantitative estimate of drug-likeness (QED) is 0.795. The molecule has 1 unspecified atom stereocenters.